The number of hydrogen-bond donors (Lipinski definition) is 3. The summed E-state index contributed by atoms with van der Waals surface area (Å²) in [6.45, 7) is 4.48. The second-order valence-electron chi connectivity index (χ2n) is 18.2. The molecule has 0 saturated heterocycles. The van der Waals surface area contributed by atoms with Crippen LogP contribution in [-0.4, -0.2) is 73.4 Å². The molecule has 0 aliphatic rings. The predicted molar refractivity (Wildman–Crippen MR) is 267 cm³/mol. The summed E-state index contributed by atoms with van der Waals surface area (Å²) in [7, 11) is 1.56. The molecule has 360 valence electrons. The molecule has 0 aliphatic carbocycles. The number of carbonyl (C=O) groups excluding carboxylic acids is 1. The Labute approximate surface area is 383 Å². The summed E-state index contributed by atoms with van der Waals surface area (Å²) in [5.41, 5.74) is 0. The third-order valence-corrected chi connectivity index (χ3v) is 11.9. The van der Waals surface area contributed by atoms with Crippen molar-refractivity contribution in [2.24, 2.45) is 0 Å². The first-order valence-electron chi connectivity index (χ1n) is 25.3. The largest absolute Gasteiger partial charge is 0.472 e. The Bertz CT molecular complexity index is 1240. The second-order valence-corrected chi connectivity index (χ2v) is 19.6. The van der Waals surface area contributed by atoms with E-state index in [9.17, 15) is 19.4 Å². The molecule has 62 heavy (non-hydrogen) atoms. The van der Waals surface area contributed by atoms with Gasteiger partial charge in [0.25, 0.3) is 0 Å². The van der Waals surface area contributed by atoms with Crippen LogP contribution in [0.25, 0.3) is 0 Å². The molecule has 0 saturated carbocycles. The van der Waals surface area contributed by atoms with Crippen LogP contribution >= 0.6 is 7.82 Å². The van der Waals surface area contributed by atoms with Crippen LogP contribution in [0.3, 0.4) is 0 Å². The number of nitrogens with one attached hydrogen (secondary N) is 1. The van der Waals surface area contributed by atoms with Crippen molar-refractivity contribution < 1.29 is 32.9 Å². The van der Waals surface area contributed by atoms with Gasteiger partial charge in [-0.1, -0.05) is 215 Å². The lowest BCUT2D eigenvalue weighted by Crippen LogP contribution is -2.45. The summed E-state index contributed by atoms with van der Waals surface area (Å²) >= 11 is 0. The topological polar surface area (TPSA) is 105 Å². The van der Waals surface area contributed by atoms with Crippen LogP contribution < -0.4 is 5.32 Å². The van der Waals surface area contributed by atoms with Crippen molar-refractivity contribution in [2.45, 2.75) is 219 Å². The van der Waals surface area contributed by atoms with Gasteiger partial charge in [0.15, 0.2) is 0 Å². The van der Waals surface area contributed by atoms with E-state index in [1.807, 2.05) is 34.1 Å². The van der Waals surface area contributed by atoms with Gasteiger partial charge in [-0.25, -0.2) is 4.57 Å². The minimum absolute atomic E-state index is 0.0590. The quantitative estimate of drug-likeness (QED) is 0.0243. The first-order chi connectivity index (χ1) is 30.0. The number of likely N-dealkylation sites (N-methyl/N-ethyl adjacent to an activating group) is 1. The highest BCUT2D eigenvalue weighted by atomic mass is 31.2. The van der Waals surface area contributed by atoms with E-state index in [0.717, 1.165) is 64.2 Å². The number of nitrogens with zero attached hydrogens (tertiary/aromatic N) is 1. The van der Waals surface area contributed by atoms with Crippen molar-refractivity contribution in [1.82, 2.24) is 5.32 Å². The lowest BCUT2D eigenvalue weighted by molar-refractivity contribution is -0.870. The number of aliphatic hydroxyl groups is 1. The highest BCUT2D eigenvalue weighted by Gasteiger charge is 2.27. The molecule has 9 heteroatoms. The Hall–Kier alpha value is -2.06. The molecule has 3 N–H and O–H groups in total. The fourth-order valence-electron chi connectivity index (χ4n) is 6.96. The molecule has 0 radical (unpaired) electrons. The monoisotopic (exact) mass is 890 g/mol. The number of quaternary nitrogens is 1. The third-order valence-electron chi connectivity index (χ3n) is 10.9. The molecule has 0 aliphatic heterocycles. The average molecular weight is 890 g/mol. The van der Waals surface area contributed by atoms with Gasteiger partial charge < -0.3 is 19.8 Å². The van der Waals surface area contributed by atoms with Crippen LogP contribution in [-0.2, 0) is 18.4 Å². The summed E-state index contributed by atoms with van der Waals surface area (Å²) in [5, 5.41) is 13.5. The number of amides is 1. The molecule has 0 bridgehead atoms. The minimum atomic E-state index is -4.31. The number of aliphatic hydroxyl groups excluding tert-OH is 1. The Morgan fingerprint density at radius 2 is 0.968 bits per heavy atom. The number of phosphoric acid groups is 1. The van der Waals surface area contributed by atoms with E-state index in [0.29, 0.717) is 17.4 Å². The molecular formula is C53H98N2O6P+. The van der Waals surface area contributed by atoms with E-state index in [2.05, 4.69) is 73.0 Å². The van der Waals surface area contributed by atoms with E-state index in [4.69, 9.17) is 9.05 Å². The minimum Gasteiger partial charge on any atom is -0.387 e. The maximum Gasteiger partial charge on any atom is 0.472 e. The van der Waals surface area contributed by atoms with Gasteiger partial charge in [0, 0.05) is 6.42 Å². The number of hydrogen-bond acceptors (Lipinski definition) is 5. The molecule has 0 aromatic heterocycles. The van der Waals surface area contributed by atoms with Crippen LogP contribution in [0.2, 0.25) is 0 Å². The van der Waals surface area contributed by atoms with Crippen LogP contribution in [0.1, 0.15) is 206 Å². The van der Waals surface area contributed by atoms with Gasteiger partial charge in [0.05, 0.1) is 39.9 Å². The van der Waals surface area contributed by atoms with Crippen molar-refractivity contribution >= 4 is 13.7 Å². The number of phosphoric ester groups is 1. The lowest BCUT2D eigenvalue weighted by Gasteiger charge is -2.25. The Morgan fingerprint density at radius 1 is 0.565 bits per heavy atom. The van der Waals surface area contributed by atoms with Crippen molar-refractivity contribution in [3.63, 3.8) is 0 Å². The summed E-state index contributed by atoms with van der Waals surface area (Å²) in [6, 6.07) is -0.842. The fourth-order valence-corrected chi connectivity index (χ4v) is 7.69. The number of allylic oxidation sites excluding steroid dienone is 11. The molecule has 0 heterocycles. The zero-order valence-corrected chi connectivity index (χ0v) is 41.7. The van der Waals surface area contributed by atoms with Gasteiger partial charge in [-0.3, -0.25) is 13.8 Å². The average Bonchev–Trinajstić information content (AvgIpc) is 3.23. The summed E-state index contributed by atoms with van der Waals surface area (Å²) < 4.78 is 23.3. The molecule has 0 aromatic rings. The summed E-state index contributed by atoms with van der Waals surface area (Å²) in [4.78, 5) is 22.8. The number of rotatable bonds is 45. The van der Waals surface area contributed by atoms with Crippen molar-refractivity contribution in [1.29, 1.82) is 0 Å². The first kappa shape index (κ1) is 59.9. The fraction of sp³-hybridized carbons (Fsp3) is 0.755. The normalized spacial score (nSPS) is 14.8. The molecule has 0 spiro atoms. The van der Waals surface area contributed by atoms with E-state index >= 15 is 0 Å². The van der Waals surface area contributed by atoms with Gasteiger partial charge in [-0.15, -0.1) is 0 Å². The van der Waals surface area contributed by atoms with Crippen LogP contribution in [0, 0.1) is 0 Å². The summed E-state index contributed by atoms with van der Waals surface area (Å²) in [5.74, 6) is -0.189. The zero-order chi connectivity index (χ0) is 45.7. The number of unbranched alkanes of at least 4 members (excludes halogenated alkanes) is 22. The lowest BCUT2D eigenvalue weighted by atomic mass is 10.0. The van der Waals surface area contributed by atoms with Gasteiger partial charge >= 0.3 is 7.82 Å². The van der Waals surface area contributed by atoms with E-state index in [1.165, 1.54) is 122 Å². The molecule has 0 aromatic carbocycles. The zero-order valence-electron chi connectivity index (χ0n) is 40.8. The van der Waals surface area contributed by atoms with Crippen LogP contribution in [0.15, 0.2) is 72.9 Å². The molecule has 0 rings (SSSR count). The Morgan fingerprint density at radius 3 is 1.39 bits per heavy atom. The van der Waals surface area contributed by atoms with Crippen LogP contribution in [0.5, 0.6) is 0 Å². The summed E-state index contributed by atoms with van der Waals surface area (Å²) in [6.07, 6.45) is 61.1. The number of carbonyl (C=O) groups is 1. The van der Waals surface area contributed by atoms with E-state index in [1.54, 1.807) is 6.08 Å². The molecule has 3 unspecified atom stereocenters. The maximum absolute atomic E-state index is 12.7. The molecule has 0 fully saturated rings. The molecular weight excluding hydrogens is 792 g/mol. The van der Waals surface area contributed by atoms with Crippen molar-refractivity contribution in [2.75, 3.05) is 40.9 Å². The van der Waals surface area contributed by atoms with Crippen LogP contribution in [0.4, 0.5) is 0 Å². The molecule has 1 amide bonds. The van der Waals surface area contributed by atoms with Gasteiger partial charge in [-0.05, 0) is 57.8 Å². The van der Waals surface area contributed by atoms with Crippen molar-refractivity contribution in [3.8, 4) is 0 Å². The highest BCUT2D eigenvalue weighted by Crippen LogP contribution is 2.43. The molecule has 3 atom stereocenters. The standard InChI is InChI=1S/C53H97N2O6P/c1-6-8-10-11-12-13-14-15-16-17-18-19-20-21-22-23-24-25-26-27-28-29-30-31-32-33-34-35-36-37-38-39-40-41-42-43-45-47-53(57)54-51(52(56)46-44-9-7-2)50-61-62(58,59)60-49-48-55(3,4)5/h8,10,12-13,15-16,18-19,21-22,44,46,51-52,56H,6-7,9,11,14,17,20,23-43,45,47-50H2,1-5H3,(H-,54,57,58,59)/p+1/b10-8-,13-12-,16-15-,19-18-,22-21-,46-44+. The van der Waals surface area contributed by atoms with Gasteiger partial charge in [0.1, 0.15) is 13.2 Å². The van der Waals surface area contributed by atoms with Gasteiger partial charge in [0.2, 0.25) is 5.91 Å². The van der Waals surface area contributed by atoms with Gasteiger partial charge in [-0.2, -0.15) is 0 Å². The maximum atomic E-state index is 12.7. The SMILES string of the molecule is CC/C=C\C/C=C\C/C=C\C/C=C\C/C=C\CCCCCCCCCCCCCCCCCCCCCCCC(=O)NC(COP(=O)(O)OCC[N+](C)(C)C)C(O)/C=C/CCC. The highest BCUT2D eigenvalue weighted by molar-refractivity contribution is 7.47. The first-order valence-corrected chi connectivity index (χ1v) is 26.8. The Balaban J connectivity index is 3.68. The van der Waals surface area contributed by atoms with E-state index in [-0.39, 0.29) is 19.1 Å². The van der Waals surface area contributed by atoms with E-state index < -0.39 is 20.0 Å². The molecule has 8 nitrogen and oxygen atoms in total. The Kier molecular flexibility index (Phi) is 42.7. The predicted octanol–water partition coefficient (Wildman–Crippen LogP) is 14.8. The second kappa shape index (κ2) is 44.2. The third kappa shape index (κ3) is 45.9. The smallest absolute Gasteiger partial charge is 0.387 e. The van der Waals surface area contributed by atoms with Crippen molar-refractivity contribution in [3.05, 3.63) is 72.9 Å².